The Bertz CT molecular complexity index is 902. The van der Waals surface area contributed by atoms with Gasteiger partial charge < -0.3 is 24.8 Å². The van der Waals surface area contributed by atoms with Crippen molar-refractivity contribution in [1.29, 1.82) is 0 Å². The van der Waals surface area contributed by atoms with E-state index in [4.69, 9.17) is 19.9 Å². The summed E-state index contributed by atoms with van der Waals surface area (Å²) in [5.41, 5.74) is 6.94. The second-order valence-electron chi connectivity index (χ2n) is 6.81. The predicted molar refractivity (Wildman–Crippen MR) is 108 cm³/mol. The van der Waals surface area contributed by atoms with E-state index in [1.54, 1.807) is 37.3 Å². The van der Waals surface area contributed by atoms with Gasteiger partial charge in [-0.15, -0.1) is 0 Å². The van der Waals surface area contributed by atoms with Gasteiger partial charge in [0.25, 0.3) is 5.91 Å². The SMILES string of the molecule is COc1cccc(CN(C)CC(=O)N2C[C@@H](C(N)=O)Oc3ccccc32)c1OC. The number of methoxy groups -OCH3 is 2. The number of amides is 2. The van der Waals surface area contributed by atoms with Gasteiger partial charge in [0.05, 0.1) is 33.0 Å². The molecule has 2 aromatic carbocycles. The number of benzene rings is 2. The molecule has 1 aliphatic heterocycles. The first-order valence-corrected chi connectivity index (χ1v) is 9.18. The number of carbonyl (C=O) groups excluding carboxylic acids is 2. The second kappa shape index (κ2) is 8.83. The van der Waals surface area contributed by atoms with Crippen LogP contribution < -0.4 is 24.8 Å². The quantitative estimate of drug-likeness (QED) is 0.757. The lowest BCUT2D eigenvalue weighted by atomic mass is 10.1. The first-order chi connectivity index (χ1) is 13.9. The van der Waals surface area contributed by atoms with Crippen LogP contribution in [0.3, 0.4) is 0 Å². The van der Waals surface area contributed by atoms with Gasteiger partial charge in [0.2, 0.25) is 5.91 Å². The molecule has 8 heteroatoms. The third kappa shape index (κ3) is 4.43. The number of primary amides is 1. The van der Waals surface area contributed by atoms with Crippen LogP contribution in [0.1, 0.15) is 5.56 Å². The smallest absolute Gasteiger partial charge is 0.260 e. The van der Waals surface area contributed by atoms with Crippen molar-refractivity contribution in [3.05, 3.63) is 48.0 Å². The third-order valence-corrected chi connectivity index (χ3v) is 4.72. The molecular formula is C21H25N3O5. The van der Waals surface area contributed by atoms with Crippen molar-refractivity contribution in [3.63, 3.8) is 0 Å². The van der Waals surface area contributed by atoms with Crippen LogP contribution in [0.15, 0.2) is 42.5 Å². The number of ether oxygens (including phenoxy) is 3. The number of hydrogen-bond donors (Lipinski definition) is 1. The Kier molecular flexibility index (Phi) is 6.23. The average molecular weight is 399 g/mol. The van der Waals surface area contributed by atoms with Crippen molar-refractivity contribution in [2.75, 3.05) is 39.3 Å². The minimum Gasteiger partial charge on any atom is -0.493 e. The molecule has 29 heavy (non-hydrogen) atoms. The molecular weight excluding hydrogens is 374 g/mol. The lowest BCUT2D eigenvalue weighted by Gasteiger charge is -2.34. The van der Waals surface area contributed by atoms with Crippen molar-refractivity contribution in [2.45, 2.75) is 12.6 Å². The Morgan fingerprint density at radius 1 is 1.17 bits per heavy atom. The van der Waals surface area contributed by atoms with Gasteiger partial charge >= 0.3 is 0 Å². The van der Waals surface area contributed by atoms with Crippen molar-refractivity contribution in [3.8, 4) is 17.2 Å². The zero-order chi connectivity index (χ0) is 21.0. The number of nitrogens with two attached hydrogens (primary N) is 1. The third-order valence-electron chi connectivity index (χ3n) is 4.72. The monoisotopic (exact) mass is 399 g/mol. The molecule has 0 spiro atoms. The molecule has 8 nitrogen and oxygen atoms in total. The van der Waals surface area contributed by atoms with Gasteiger partial charge in [-0.05, 0) is 25.2 Å². The van der Waals surface area contributed by atoms with Crippen LogP contribution in [0.25, 0.3) is 0 Å². The molecule has 0 bridgehead atoms. The number of hydrogen-bond acceptors (Lipinski definition) is 6. The topological polar surface area (TPSA) is 94.3 Å². The molecule has 1 heterocycles. The standard InChI is InChI=1S/C21H25N3O5/c1-23(11-14-7-6-10-17(27-2)20(14)28-3)13-19(25)24-12-18(21(22)26)29-16-9-5-4-8-15(16)24/h4-10,18H,11-13H2,1-3H3,(H2,22,26)/t18-/m0/s1. The number of rotatable bonds is 7. The van der Waals surface area contributed by atoms with Crippen LogP contribution in [0.2, 0.25) is 0 Å². The molecule has 0 unspecified atom stereocenters. The van der Waals surface area contributed by atoms with Crippen LogP contribution >= 0.6 is 0 Å². The molecule has 0 fully saturated rings. The number of para-hydroxylation sites is 3. The fourth-order valence-electron chi connectivity index (χ4n) is 3.36. The largest absolute Gasteiger partial charge is 0.493 e. The van der Waals surface area contributed by atoms with Crippen LogP contribution in [0, 0.1) is 0 Å². The summed E-state index contributed by atoms with van der Waals surface area (Å²) >= 11 is 0. The van der Waals surface area contributed by atoms with Crippen LogP contribution in [-0.4, -0.2) is 57.2 Å². The van der Waals surface area contributed by atoms with Gasteiger partial charge in [-0.3, -0.25) is 14.5 Å². The van der Waals surface area contributed by atoms with E-state index >= 15 is 0 Å². The summed E-state index contributed by atoms with van der Waals surface area (Å²) in [5.74, 6) is 0.979. The van der Waals surface area contributed by atoms with E-state index in [0.29, 0.717) is 29.5 Å². The number of likely N-dealkylation sites (N-methyl/N-ethyl adjacent to an activating group) is 1. The Labute approximate surface area is 169 Å². The highest BCUT2D eigenvalue weighted by atomic mass is 16.5. The molecule has 2 amide bonds. The molecule has 0 saturated heterocycles. The summed E-state index contributed by atoms with van der Waals surface area (Å²) in [5, 5.41) is 0. The Morgan fingerprint density at radius 2 is 1.93 bits per heavy atom. The van der Waals surface area contributed by atoms with Gasteiger partial charge in [-0.1, -0.05) is 24.3 Å². The van der Waals surface area contributed by atoms with Crippen LogP contribution in [-0.2, 0) is 16.1 Å². The van der Waals surface area contributed by atoms with E-state index in [9.17, 15) is 9.59 Å². The second-order valence-corrected chi connectivity index (χ2v) is 6.81. The Balaban J connectivity index is 1.75. The summed E-state index contributed by atoms with van der Waals surface area (Å²) in [4.78, 5) is 28.1. The van der Waals surface area contributed by atoms with E-state index in [-0.39, 0.29) is 19.0 Å². The van der Waals surface area contributed by atoms with Gasteiger partial charge in [-0.25, -0.2) is 0 Å². The number of nitrogens with zero attached hydrogens (tertiary/aromatic N) is 2. The normalized spacial score (nSPS) is 15.4. The zero-order valence-corrected chi connectivity index (χ0v) is 16.8. The van der Waals surface area contributed by atoms with Crippen LogP contribution in [0.5, 0.6) is 17.2 Å². The number of anilines is 1. The Morgan fingerprint density at radius 3 is 2.62 bits per heavy atom. The van der Waals surface area contributed by atoms with E-state index in [1.807, 2.05) is 36.2 Å². The van der Waals surface area contributed by atoms with Gasteiger partial charge in [0.1, 0.15) is 5.75 Å². The molecule has 0 saturated carbocycles. The summed E-state index contributed by atoms with van der Waals surface area (Å²) in [6.07, 6.45) is -0.877. The van der Waals surface area contributed by atoms with Gasteiger partial charge in [0, 0.05) is 12.1 Å². The van der Waals surface area contributed by atoms with Gasteiger partial charge in [0.15, 0.2) is 17.6 Å². The highest BCUT2D eigenvalue weighted by molar-refractivity contribution is 5.98. The molecule has 3 rings (SSSR count). The average Bonchev–Trinajstić information content (AvgIpc) is 2.72. The molecule has 0 radical (unpaired) electrons. The van der Waals surface area contributed by atoms with E-state index < -0.39 is 12.0 Å². The summed E-state index contributed by atoms with van der Waals surface area (Å²) in [7, 11) is 5.01. The first kappa shape index (κ1) is 20.5. The van der Waals surface area contributed by atoms with E-state index in [1.165, 1.54) is 0 Å². The minimum absolute atomic E-state index is 0.0848. The molecule has 154 valence electrons. The fourth-order valence-corrected chi connectivity index (χ4v) is 3.36. The lowest BCUT2D eigenvalue weighted by Crippen LogP contribution is -2.51. The maximum atomic E-state index is 13.0. The molecule has 0 aromatic heterocycles. The number of fused-ring (bicyclic) bond motifs is 1. The summed E-state index contributed by atoms with van der Waals surface area (Å²) in [6.45, 7) is 0.707. The minimum atomic E-state index is -0.877. The first-order valence-electron chi connectivity index (χ1n) is 9.18. The zero-order valence-electron chi connectivity index (χ0n) is 16.8. The number of carbonyl (C=O) groups is 2. The van der Waals surface area contributed by atoms with Crippen molar-refractivity contribution < 1.29 is 23.8 Å². The maximum absolute atomic E-state index is 13.0. The molecule has 0 aliphatic carbocycles. The summed E-state index contributed by atoms with van der Waals surface area (Å²) < 4.78 is 16.4. The van der Waals surface area contributed by atoms with Crippen LogP contribution in [0.4, 0.5) is 5.69 Å². The molecule has 2 aromatic rings. The van der Waals surface area contributed by atoms with E-state index in [2.05, 4.69) is 0 Å². The Hall–Kier alpha value is -3.26. The highest BCUT2D eigenvalue weighted by Crippen LogP contribution is 2.34. The van der Waals surface area contributed by atoms with Crippen molar-refractivity contribution in [2.24, 2.45) is 5.73 Å². The lowest BCUT2D eigenvalue weighted by molar-refractivity contribution is -0.125. The summed E-state index contributed by atoms with van der Waals surface area (Å²) in [6, 6.07) is 12.7. The molecule has 2 N–H and O–H groups in total. The fraction of sp³-hybridized carbons (Fsp3) is 0.333. The molecule has 1 aliphatic rings. The highest BCUT2D eigenvalue weighted by Gasteiger charge is 2.32. The maximum Gasteiger partial charge on any atom is 0.260 e. The predicted octanol–water partition coefficient (Wildman–Crippen LogP) is 1.42. The van der Waals surface area contributed by atoms with Gasteiger partial charge in [-0.2, -0.15) is 0 Å². The van der Waals surface area contributed by atoms with E-state index in [0.717, 1.165) is 5.56 Å². The van der Waals surface area contributed by atoms with Crippen molar-refractivity contribution in [1.82, 2.24) is 4.90 Å². The van der Waals surface area contributed by atoms with Crippen molar-refractivity contribution >= 4 is 17.5 Å². The molecule has 1 atom stereocenters.